The van der Waals surface area contributed by atoms with Crippen molar-refractivity contribution < 1.29 is 9.59 Å². The molecule has 0 bridgehead atoms. The normalized spacial score (nSPS) is 18.8. The van der Waals surface area contributed by atoms with E-state index in [1.165, 1.54) is 0 Å². The molecule has 2 saturated heterocycles. The standard InChI is InChI=1S/C35H39N3O2/c1-3-38(32-17-9-4-11-25(32)2)34(39)28-14-10-20-37(24-28)29-18-21-36(22-19-29)35(40)33-30-15-7-5-12-26(30)23-27-13-6-8-16-31(27)33/h4-9,11-13,15-17,23,28-29H,3,10,14,18-22,24H2,1-2H3. The lowest BCUT2D eigenvalue weighted by atomic mass is 9.92. The number of amides is 2. The fourth-order valence-corrected chi connectivity index (χ4v) is 6.91. The van der Waals surface area contributed by atoms with Crippen molar-refractivity contribution in [3.63, 3.8) is 0 Å². The average Bonchev–Trinajstić information content (AvgIpc) is 3.01. The molecule has 2 fully saturated rings. The molecule has 1 unspecified atom stereocenters. The van der Waals surface area contributed by atoms with Crippen LogP contribution in [-0.4, -0.2) is 60.4 Å². The lowest BCUT2D eigenvalue weighted by Crippen LogP contribution is -2.52. The molecule has 2 heterocycles. The highest BCUT2D eigenvalue weighted by Gasteiger charge is 2.35. The summed E-state index contributed by atoms with van der Waals surface area (Å²) in [6.07, 6.45) is 3.89. The largest absolute Gasteiger partial charge is 0.338 e. The van der Waals surface area contributed by atoms with Crippen LogP contribution in [0.1, 0.15) is 48.5 Å². The number of hydrogen-bond acceptors (Lipinski definition) is 3. The first-order chi connectivity index (χ1) is 19.5. The third kappa shape index (κ3) is 4.99. The second-order valence-corrected chi connectivity index (χ2v) is 11.4. The molecule has 0 aliphatic carbocycles. The second kappa shape index (κ2) is 11.4. The molecule has 40 heavy (non-hydrogen) atoms. The fourth-order valence-electron chi connectivity index (χ4n) is 6.91. The van der Waals surface area contributed by atoms with Crippen LogP contribution in [0.3, 0.4) is 0 Å². The molecule has 0 aromatic heterocycles. The van der Waals surface area contributed by atoms with E-state index in [0.717, 1.165) is 90.2 Å². The number of likely N-dealkylation sites (tertiary alicyclic amines) is 2. The second-order valence-electron chi connectivity index (χ2n) is 11.4. The summed E-state index contributed by atoms with van der Waals surface area (Å²) in [6.45, 7) is 8.18. The summed E-state index contributed by atoms with van der Waals surface area (Å²) >= 11 is 0. The predicted molar refractivity (Wildman–Crippen MR) is 164 cm³/mol. The Bertz CT molecular complexity index is 1480. The number of anilines is 1. The van der Waals surface area contributed by atoms with Crippen LogP contribution in [0.15, 0.2) is 78.9 Å². The summed E-state index contributed by atoms with van der Waals surface area (Å²) in [4.78, 5) is 34.2. The Balaban J connectivity index is 1.15. The monoisotopic (exact) mass is 533 g/mol. The number of carbonyl (C=O) groups excluding carboxylic acids is 2. The van der Waals surface area contributed by atoms with Gasteiger partial charge in [0, 0.05) is 37.9 Å². The molecule has 4 aromatic carbocycles. The SMILES string of the molecule is CCN(C(=O)C1CCCN(C2CCN(C(=O)c3c4ccccc4cc4ccccc34)CC2)C1)c1ccccc1C. The number of aryl methyl sites for hydroxylation is 1. The molecule has 206 valence electrons. The summed E-state index contributed by atoms with van der Waals surface area (Å²) in [5.41, 5.74) is 2.99. The van der Waals surface area contributed by atoms with Gasteiger partial charge in [0.25, 0.3) is 5.91 Å². The van der Waals surface area contributed by atoms with Crippen LogP contribution in [0.5, 0.6) is 0 Å². The number of fused-ring (bicyclic) bond motifs is 2. The molecule has 5 heteroatoms. The number of nitrogens with zero attached hydrogens (tertiary/aromatic N) is 3. The molecule has 0 spiro atoms. The van der Waals surface area contributed by atoms with Crippen molar-refractivity contribution >= 4 is 39.0 Å². The van der Waals surface area contributed by atoms with Crippen molar-refractivity contribution in [3.05, 3.63) is 90.0 Å². The van der Waals surface area contributed by atoms with Crippen LogP contribution in [-0.2, 0) is 4.79 Å². The fraction of sp³-hybridized carbons (Fsp3) is 0.371. The molecule has 4 aromatic rings. The van der Waals surface area contributed by atoms with Crippen LogP contribution in [0.4, 0.5) is 5.69 Å². The molecule has 0 radical (unpaired) electrons. The van der Waals surface area contributed by atoms with Crippen molar-refractivity contribution in [1.82, 2.24) is 9.80 Å². The number of piperidine rings is 2. The van der Waals surface area contributed by atoms with E-state index in [-0.39, 0.29) is 17.7 Å². The summed E-state index contributed by atoms with van der Waals surface area (Å²) < 4.78 is 0. The Kier molecular flexibility index (Phi) is 7.57. The molecular formula is C35H39N3O2. The van der Waals surface area contributed by atoms with Gasteiger partial charge in [-0.3, -0.25) is 14.5 Å². The van der Waals surface area contributed by atoms with E-state index >= 15 is 0 Å². The lowest BCUT2D eigenvalue weighted by molar-refractivity contribution is -0.124. The minimum absolute atomic E-state index is 0.0232. The molecule has 5 nitrogen and oxygen atoms in total. The molecule has 2 amide bonds. The van der Waals surface area contributed by atoms with E-state index < -0.39 is 0 Å². The predicted octanol–water partition coefficient (Wildman–Crippen LogP) is 6.67. The zero-order chi connectivity index (χ0) is 27.6. The number of carbonyl (C=O) groups is 2. The van der Waals surface area contributed by atoms with E-state index in [0.29, 0.717) is 12.6 Å². The summed E-state index contributed by atoms with van der Waals surface area (Å²) in [5, 5.41) is 4.27. The van der Waals surface area contributed by atoms with Crippen LogP contribution in [0, 0.1) is 12.8 Å². The molecule has 0 N–H and O–H groups in total. The Morgan fingerprint density at radius 3 is 2.10 bits per heavy atom. The molecule has 2 aliphatic rings. The highest BCUT2D eigenvalue weighted by molar-refractivity contribution is 6.18. The van der Waals surface area contributed by atoms with Gasteiger partial charge in [0.15, 0.2) is 0 Å². The highest BCUT2D eigenvalue weighted by Crippen LogP contribution is 2.32. The van der Waals surface area contributed by atoms with Crippen LogP contribution >= 0.6 is 0 Å². The molecular weight excluding hydrogens is 494 g/mol. The van der Waals surface area contributed by atoms with Crippen LogP contribution in [0.2, 0.25) is 0 Å². The van der Waals surface area contributed by atoms with E-state index in [1.54, 1.807) is 0 Å². The van der Waals surface area contributed by atoms with Crippen LogP contribution < -0.4 is 4.90 Å². The first-order valence-electron chi connectivity index (χ1n) is 14.9. The Morgan fingerprint density at radius 1 is 0.825 bits per heavy atom. The summed E-state index contributed by atoms with van der Waals surface area (Å²) in [5.74, 6) is 0.405. The van der Waals surface area contributed by atoms with E-state index in [1.807, 2.05) is 46.2 Å². The Hall–Kier alpha value is -3.70. The van der Waals surface area contributed by atoms with Crippen molar-refractivity contribution in [1.29, 1.82) is 0 Å². The summed E-state index contributed by atoms with van der Waals surface area (Å²) in [7, 11) is 0. The Labute approximate surface area is 237 Å². The van der Waals surface area contributed by atoms with Crippen molar-refractivity contribution in [3.8, 4) is 0 Å². The van der Waals surface area contributed by atoms with Gasteiger partial charge >= 0.3 is 0 Å². The first kappa shape index (κ1) is 26.5. The van der Waals surface area contributed by atoms with Gasteiger partial charge in [-0.25, -0.2) is 0 Å². The van der Waals surface area contributed by atoms with Crippen molar-refractivity contribution in [2.45, 2.75) is 45.6 Å². The number of rotatable bonds is 5. The van der Waals surface area contributed by atoms with Crippen molar-refractivity contribution in [2.75, 3.05) is 37.6 Å². The van der Waals surface area contributed by atoms with Gasteiger partial charge in [-0.2, -0.15) is 0 Å². The first-order valence-corrected chi connectivity index (χ1v) is 14.9. The summed E-state index contributed by atoms with van der Waals surface area (Å²) in [6, 6.07) is 27.2. The number of para-hydroxylation sites is 1. The Morgan fingerprint density at radius 2 is 1.45 bits per heavy atom. The van der Waals surface area contributed by atoms with E-state index in [9.17, 15) is 9.59 Å². The van der Waals surface area contributed by atoms with Gasteiger partial charge in [-0.1, -0.05) is 66.7 Å². The van der Waals surface area contributed by atoms with E-state index in [2.05, 4.69) is 61.2 Å². The average molecular weight is 534 g/mol. The van der Waals surface area contributed by atoms with Gasteiger partial charge in [0.05, 0.1) is 11.5 Å². The number of hydrogen-bond donors (Lipinski definition) is 0. The van der Waals surface area contributed by atoms with Gasteiger partial charge in [-0.15, -0.1) is 0 Å². The van der Waals surface area contributed by atoms with Gasteiger partial charge in [0.2, 0.25) is 5.91 Å². The zero-order valence-electron chi connectivity index (χ0n) is 23.7. The maximum Gasteiger partial charge on any atom is 0.255 e. The minimum atomic E-state index is 0.0232. The minimum Gasteiger partial charge on any atom is -0.338 e. The van der Waals surface area contributed by atoms with Crippen LogP contribution in [0.25, 0.3) is 21.5 Å². The maximum atomic E-state index is 14.0. The third-order valence-corrected chi connectivity index (χ3v) is 9.04. The quantitative estimate of drug-likeness (QED) is 0.269. The molecule has 0 saturated carbocycles. The van der Waals surface area contributed by atoms with Crippen molar-refractivity contribution in [2.24, 2.45) is 5.92 Å². The van der Waals surface area contributed by atoms with Gasteiger partial charge in [-0.05, 0) is 85.3 Å². The molecule has 2 aliphatic heterocycles. The topological polar surface area (TPSA) is 43.9 Å². The maximum absolute atomic E-state index is 14.0. The lowest BCUT2D eigenvalue weighted by Gasteiger charge is -2.42. The van der Waals surface area contributed by atoms with Gasteiger partial charge < -0.3 is 9.80 Å². The van der Waals surface area contributed by atoms with E-state index in [4.69, 9.17) is 0 Å². The molecule has 6 rings (SSSR count). The molecule has 1 atom stereocenters. The smallest absolute Gasteiger partial charge is 0.255 e. The van der Waals surface area contributed by atoms with Gasteiger partial charge in [0.1, 0.15) is 0 Å². The zero-order valence-corrected chi connectivity index (χ0v) is 23.7. The highest BCUT2D eigenvalue weighted by atomic mass is 16.2. The number of benzene rings is 4. The third-order valence-electron chi connectivity index (χ3n) is 9.04.